The number of nitrogens with one attached hydrogen (secondary N) is 2. The van der Waals surface area contributed by atoms with Gasteiger partial charge in [-0.15, -0.1) is 0 Å². The van der Waals surface area contributed by atoms with E-state index in [-0.39, 0.29) is 37.7 Å². The predicted molar refractivity (Wildman–Crippen MR) is 85.4 cm³/mol. The SMILES string of the molecule is O=C(O)CCc1cccc(NC(=O)CCCN2C(=O)CNC2=O)c1. The Morgan fingerprint density at radius 3 is 2.71 bits per heavy atom. The minimum Gasteiger partial charge on any atom is -0.481 e. The number of benzene rings is 1. The number of aliphatic carboxylic acids is 1. The molecule has 128 valence electrons. The summed E-state index contributed by atoms with van der Waals surface area (Å²) in [7, 11) is 0. The van der Waals surface area contributed by atoms with Gasteiger partial charge in [0.1, 0.15) is 0 Å². The second-order valence-electron chi connectivity index (χ2n) is 5.45. The minimum absolute atomic E-state index is 0.00810. The summed E-state index contributed by atoms with van der Waals surface area (Å²) < 4.78 is 0. The minimum atomic E-state index is -0.870. The fourth-order valence-electron chi connectivity index (χ4n) is 2.36. The Morgan fingerprint density at radius 1 is 1.25 bits per heavy atom. The van der Waals surface area contributed by atoms with E-state index in [1.165, 1.54) is 0 Å². The smallest absolute Gasteiger partial charge is 0.324 e. The molecule has 0 radical (unpaired) electrons. The Morgan fingerprint density at radius 2 is 2.04 bits per heavy atom. The maximum atomic E-state index is 11.9. The highest BCUT2D eigenvalue weighted by atomic mass is 16.4. The van der Waals surface area contributed by atoms with Gasteiger partial charge in [-0.1, -0.05) is 12.1 Å². The number of hydrogen-bond donors (Lipinski definition) is 3. The normalized spacial score (nSPS) is 13.8. The van der Waals surface area contributed by atoms with Crippen LogP contribution in [-0.2, 0) is 20.8 Å². The van der Waals surface area contributed by atoms with Crippen LogP contribution in [0.4, 0.5) is 10.5 Å². The molecule has 0 bridgehead atoms. The van der Waals surface area contributed by atoms with Crippen LogP contribution < -0.4 is 10.6 Å². The van der Waals surface area contributed by atoms with Crippen molar-refractivity contribution in [1.29, 1.82) is 0 Å². The van der Waals surface area contributed by atoms with Crippen LogP contribution in [0.25, 0.3) is 0 Å². The van der Waals surface area contributed by atoms with Gasteiger partial charge < -0.3 is 15.7 Å². The Kier molecular flexibility index (Phi) is 5.89. The van der Waals surface area contributed by atoms with Gasteiger partial charge in [-0.05, 0) is 30.5 Å². The van der Waals surface area contributed by atoms with Crippen molar-refractivity contribution >= 4 is 29.5 Å². The average Bonchev–Trinajstić information content (AvgIpc) is 2.85. The highest BCUT2D eigenvalue weighted by Crippen LogP contribution is 2.13. The summed E-state index contributed by atoms with van der Waals surface area (Å²) in [5.41, 5.74) is 1.42. The summed E-state index contributed by atoms with van der Waals surface area (Å²) >= 11 is 0. The number of amides is 4. The van der Waals surface area contributed by atoms with Crippen molar-refractivity contribution in [3.63, 3.8) is 0 Å². The highest BCUT2D eigenvalue weighted by Gasteiger charge is 2.27. The van der Waals surface area contributed by atoms with Crippen molar-refractivity contribution in [2.75, 3.05) is 18.4 Å². The summed E-state index contributed by atoms with van der Waals surface area (Å²) in [5.74, 6) is -1.38. The van der Waals surface area contributed by atoms with E-state index in [0.29, 0.717) is 18.5 Å². The largest absolute Gasteiger partial charge is 0.481 e. The number of imide groups is 1. The van der Waals surface area contributed by atoms with Crippen LogP contribution in [0.2, 0.25) is 0 Å². The molecule has 8 heteroatoms. The van der Waals surface area contributed by atoms with E-state index in [1.807, 2.05) is 0 Å². The maximum absolute atomic E-state index is 11.9. The maximum Gasteiger partial charge on any atom is 0.324 e. The zero-order chi connectivity index (χ0) is 17.5. The quantitative estimate of drug-likeness (QED) is 0.613. The lowest BCUT2D eigenvalue weighted by atomic mass is 10.1. The van der Waals surface area contributed by atoms with Gasteiger partial charge in [0.25, 0.3) is 0 Å². The van der Waals surface area contributed by atoms with Crippen molar-refractivity contribution in [3.05, 3.63) is 29.8 Å². The van der Waals surface area contributed by atoms with Gasteiger partial charge in [0.2, 0.25) is 11.8 Å². The Bertz CT molecular complexity index is 643. The number of nitrogens with zero attached hydrogens (tertiary/aromatic N) is 1. The van der Waals surface area contributed by atoms with Gasteiger partial charge in [-0.2, -0.15) is 0 Å². The third-order valence-corrected chi connectivity index (χ3v) is 3.56. The van der Waals surface area contributed by atoms with Crippen LogP contribution in [0.3, 0.4) is 0 Å². The summed E-state index contributed by atoms with van der Waals surface area (Å²) in [4.78, 5) is 46.3. The second kappa shape index (κ2) is 8.09. The van der Waals surface area contributed by atoms with E-state index in [0.717, 1.165) is 10.5 Å². The van der Waals surface area contributed by atoms with Crippen molar-refractivity contribution in [2.45, 2.75) is 25.7 Å². The van der Waals surface area contributed by atoms with Crippen LogP contribution in [0.15, 0.2) is 24.3 Å². The molecular weight excluding hydrogens is 314 g/mol. The van der Waals surface area contributed by atoms with Crippen LogP contribution in [0.1, 0.15) is 24.8 Å². The summed E-state index contributed by atoms with van der Waals surface area (Å²) in [6, 6.07) is 6.58. The molecule has 8 nitrogen and oxygen atoms in total. The van der Waals surface area contributed by atoms with Crippen LogP contribution in [0.5, 0.6) is 0 Å². The van der Waals surface area contributed by atoms with Gasteiger partial charge in [-0.25, -0.2) is 4.79 Å². The molecule has 0 atom stereocenters. The molecule has 1 saturated heterocycles. The Balaban J connectivity index is 1.77. The highest BCUT2D eigenvalue weighted by molar-refractivity contribution is 6.02. The first kappa shape index (κ1) is 17.5. The van der Waals surface area contributed by atoms with Gasteiger partial charge >= 0.3 is 12.0 Å². The molecule has 0 aliphatic carbocycles. The monoisotopic (exact) mass is 333 g/mol. The van der Waals surface area contributed by atoms with Crippen LogP contribution in [-0.4, -0.2) is 46.9 Å². The molecule has 1 aromatic rings. The number of carbonyl (C=O) groups is 4. The molecule has 0 unspecified atom stereocenters. The summed E-state index contributed by atoms with van der Waals surface area (Å²) in [6.45, 7) is 0.213. The molecule has 3 N–H and O–H groups in total. The Hall–Kier alpha value is -2.90. The number of urea groups is 1. The molecule has 0 saturated carbocycles. The third kappa shape index (κ3) is 5.08. The fraction of sp³-hybridized carbons (Fsp3) is 0.375. The molecule has 0 spiro atoms. The number of anilines is 1. The predicted octanol–water partition coefficient (Wildman–Crippen LogP) is 0.974. The molecule has 1 aliphatic rings. The molecule has 1 aromatic carbocycles. The third-order valence-electron chi connectivity index (χ3n) is 3.56. The van der Waals surface area contributed by atoms with Gasteiger partial charge in [0.05, 0.1) is 6.54 Å². The van der Waals surface area contributed by atoms with Crippen molar-refractivity contribution < 1.29 is 24.3 Å². The van der Waals surface area contributed by atoms with E-state index in [2.05, 4.69) is 10.6 Å². The number of carboxylic acids is 1. The standard InChI is InChI=1S/C16H19N3O5/c20-13(5-2-8-19-14(21)10-17-16(19)24)18-12-4-1-3-11(9-12)6-7-15(22)23/h1,3-4,9H,2,5-8,10H2,(H,17,24)(H,18,20)(H,22,23). The van der Waals surface area contributed by atoms with E-state index >= 15 is 0 Å². The van der Waals surface area contributed by atoms with E-state index in [4.69, 9.17) is 5.11 Å². The Labute approximate surface area is 138 Å². The lowest BCUT2D eigenvalue weighted by Crippen LogP contribution is -2.32. The average molecular weight is 333 g/mol. The first-order valence-corrected chi connectivity index (χ1v) is 7.64. The topological polar surface area (TPSA) is 116 Å². The molecule has 24 heavy (non-hydrogen) atoms. The first-order chi connectivity index (χ1) is 11.5. The van der Waals surface area contributed by atoms with Crippen LogP contribution in [0, 0.1) is 0 Å². The van der Waals surface area contributed by atoms with Gasteiger partial charge in [-0.3, -0.25) is 19.3 Å². The van der Waals surface area contributed by atoms with E-state index < -0.39 is 12.0 Å². The number of carboxylic acid groups (broad SMARTS) is 1. The summed E-state index contributed by atoms with van der Waals surface area (Å²) in [5, 5.41) is 13.8. The van der Waals surface area contributed by atoms with Gasteiger partial charge in [0, 0.05) is 25.1 Å². The van der Waals surface area contributed by atoms with Gasteiger partial charge in [0.15, 0.2) is 0 Å². The summed E-state index contributed by atoms with van der Waals surface area (Å²) in [6.07, 6.45) is 0.981. The van der Waals surface area contributed by atoms with Crippen molar-refractivity contribution in [2.24, 2.45) is 0 Å². The lowest BCUT2D eigenvalue weighted by molar-refractivity contribution is -0.137. The molecule has 4 amide bonds. The molecule has 1 aliphatic heterocycles. The number of hydrogen-bond acceptors (Lipinski definition) is 4. The van der Waals surface area contributed by atoms with Crippen LogP contribution >= 0.6 is 0 Å². The number of aryl methyl sites for hydroxylation is 1. The molecule has 0 aromatic heterocycles. The molecule has 1 fully saturated rings. The number of carbonyl (C=O) groups excluding carboxylic acids is 3. The molecular formula is C16H19N3O5. The lowest BCUT2D eigenvalue weighted by Gasteiger charge is -2.12. The van der Waals surface area contributed by atoms with Crippen molar-refractivity contribution in [1.82, 2.24) is 10.2 Å². The second-order valence-corrected chi connectivity index (χ2v) is 5.45. The molecule has 1 heterocycles. The molecule has 2 rings (SSSR count). The van der Waals surface area contributed by atoms with E-state index in [9.17, 15) is 19.2 Å². The zero-order valence-electron chi connectivity index (χ0n) is 13.1. The number of rotatable bonds is 8. The fourth-order valence-corrected chi connectivity index (χ4v) is 2.36. The van der Waals surface area contributed by atoms with E-state index in [1.54, 1.807) is 24.3 Å². The first-order valence-electron chi connectivity index (χ1n) is 7.64. The van der Waals surface area contributed by atoms with Crippen molar-refractivity contribution in [3.8, 4) is 0 Å². The zero-order valence-corrected chi connectivity index (χ0v) is 13.1.